The van der Waals surface area contributed by atoms with E-state index in [1.165, 1.54) is 17.7 Å². The van der Waals surface area contributed by atoms with Crippen LogP contribution in [-0.2, 0) is 11.2 Å². The summed E-state index contributed by atoms with van der Waals surface area (Å²) in [7, 11) is 1.57. The normalized spacial score (nSPS) is 13.6. The van der Waals surface area contributed by atoms with Crippen LogP contribution >= 0.6 is 11.6 Å². The number of carbonyl (C=O) groups excluding carboxylic acids is 2. The van der Waals surface area contributed by atoms with Crippen molar-refractivity contribution in [2.75, 3.05) is 43.6 Å². The van der Waals surface area contributed by atoms with Crippen LogP contribution in [0.15, 0.2) is 66.7 Å². The number of anilines is 2. The smallest absolute Gasteiger partial charge is 0.270 e. The van der Waals surface area contributed by atoms with Gasteiger partial charge >= 0.3 is 0 Å². The first-order valence-electron chi connectivity index (χ1n) is 12.8. The predicted octanol–water partition coefficient (Wildman–Crippen LogP) is 5.34. The molecule has 1 fully saturated rings. The molecular weight excluding hydrogens is 520 g/mol. The Balaban J connectivity index is 1.50. The number of methoxy groups -OCH3 is 1. The van der Waals surface area contributed by atoms with Crippen LogP contribution in [0.4, 0.5) is 17.1 Å². The molecule has 1 aliphatic heterocycles. The van der Waals surface area contributed by atoms with Gasteiger partial charge in [-0.05, 0) is 55.0 Å². The van der Waals surface area contributed by atoms with E-state index in [9.17, 15) is 19.7 Å². The highest BCUT2D eigenvalue weighted by atomic mass is 35.5. The van der Waals surface area contributed by atoms with E-state index in [1.54, 1.807) is 19.2 Å². The largest absolute Gasteiger partial charge is 0.383 e. The summed E-state index contributed by atoms with van der Waals surface area (Å²) in [4.78, 5) is 38.7. The van der Waals surface area contributed by atoms with E-state index in [1.807, 2.05) is 12.1 Å². The van der Waals surface area contributed by atoms with Gasteiger partial charge in [0.25, 0.3) is 17.5 Å². The van der Waals surface area contributed by atoms with E-state index in [0.29, 0.717) is 30.3 Å². The van der Waals surface area contributed by atoms with Crippen molar-refractivity contribution in [2.45, 2.75) is 19.3 Å². The average molecular weight is 551 g/mol. The van der Waals surface area contributed by atoms with E-state index in [0.717, 1.165) is 44.1 Å². The number of non-ortho nitro benzene ring substituents is 1. The zero-order chi connectivity index (χ0) is 27.8. The molecule has 0 atom stereocenters. The van der Waals surface area contributed by atoms with Crippen molar-refractivity contribution >= 4 is 40.5 Å². The Morgan fingerprint density at radius 2 is 1.77 bits per heavy atom. The molecule has 0 spiro atoms. The standard InChI is InChI=1S/C29H31ClN4O5/c1-39-16-13-31-28(35)25-18-22(32-29(36)24-9-8-23(34(37)38)19-26(24)30)7-10-27(25)33-14-11-21(12-15-33)17-20-5-3-2-4-6-20/h2-10,18-19,21H,11-17H2,1H3,(H,31,35)(H,32,36). The molecule has 2 amide bonds. The second-order valence-corrected chi connectivity index (χ2v) is 9.88. The van der Waals surface area contributed by atoms with Crippen LogP contribution in [0.5, 0.6) is 0 Å². The molecule has 1 saturated heterocycles. The highest BCUT2D eigenvalue weighted by Gasteiger charge is 2.24. The first-order valence-corrected chi connectivity index (χ1v) is 13.2. The SMILES string of the molecule is COCCNC(=O)c1cc(NC(=O)c2ccc([N+](=O)[O-])cc2Cl)ccc1N1CCC(Cc2ccccc2)CC1. The molecule has 0 radical (unpaired) electrons. The summed E-state index contributed by atoms with van der Waals surface area (Å²) in [6.45, 7) is 2.36. The number of nitro benzene ring substituents is 1. The molecule has 1 aliphatic rings. The molecule has 3 aromatic carbocycles. The molecule has 4 rings (SSSR count). The van der Waals surface area contributed by atoms with Crippen LogP contribution in [0.25, 0.3) is 0 Å². The van der Waals surface area contributed by atoms with Gasteiger partial charge in [0.15, 0.2) is 0 Å². The third-order valence-corrected chi connectivity index (χ3v) is 7.13. The number of nitrogens with zero attached hydrogens (tertiary/aromatic N) is 2. The maximum Gasteiger partial charge on any atom is 0.270 e. The van der Waals surface area contributed by atoms with Crippen molar-refractivity contribution in [1.29, 1.82) is 0 Å². The van der Waals surface area contributed by atoms with E-state index < -0.39 is 10.8 Å². The minimum absolute atomic E-state index is 0.0331. The Labute approximate surface area is 232 Å². The lowest BCUT2D eigenvalue weighted by molar-refractivity contribution is -0.384. The van der Waals surface area contributed by atoms with Crippen LogP contribution in [0.2, 0.25) is 5.02 Å². The summed E-state index contributed by atoms with van der Waals surface area (Å²) in [5, 5.41) is 16.6. The number of benzene rings is 3. The highest BCUT2D eigenvalue weighted by Crippen LogP contribution is 2.31. The van der Waals surface area contributed by atoms with Crippen molar-refractivity contribution in [3.63, 3.8) is 0 Å². The number of hydrogen-bond acceptors (Lipinski definition) is 6. The fourth-order valence-electron chi connectivity index (χ4n) is 4.76. The minimum atomic E-state index is -0.578. The Bertz CT molecular complexity index is 1330. The summed E-state index contributed by atoms with van der Waals surface area (Å²) in [5.41, 5.74) is 2.88. The number of halogens is 1. The zero-order valence-corrected chi connectivity index (χ0v) is 22.4. The van der Waals surface area contributed by atoms with Crippen molar-refractivity contribution in [2.24, 2.45) is 5.92 Å². The minimum Gasteiger partial charge on any atom is -0.383 e. The number of piperidine rings is 1. The molecule has 0 unspecified atom stereocenters. The van der Waals surface area contributed by atoms with Gasteiger partial charge in [-0.25, -0.2) is 0 Å². The van der Waals surface area contributed by atoms with Gasteiger partial charge in [-0.2, -0.15) is 0 Å². The van der Waals surface area contributed by atoms with Gasteiger partial charge in [0.2, 0.25) is 0 Å². The first kappa shape index (κ1) is 28.1. The van der Waals surface area contributed by atoms with Crippen LogP contribution in [0, 0.1) is 16.0 Å². The number of amides is 2. The number of nitrogens with one attached hydrogen (secondary N) is 2. The first-order chi connectivity index (χ1) is 18.9. The molecule has 0 aromatic heterocycles. The van der Waals surface area contributed by atoms with Crippen LogP contribution in [0.3, 0.4) is 0 Å². The van der Waals surface area contributed by atoms with Crippen LogP contribution < -0.4 is 15.5 Å². The topological polar surface area (TPSA) is 114 Å². The van der Waals surface area contributed by atoms with Crippen molar-refractivity contribution in [3.8, 4) is 0 Å². The zero-order valence-electron chi connectivity index (χ0n) is 21.7. The monoisotopic (exact) mass is 550 g/mol. The van der Waals surface area contributed by atoms with E-state index in [4.69, 9.17) is 16.3 Å². The van der Waals surface area contributed by atoms with Crippen molar-refractivity contribution in [3.05, 3.63) is 98.6 Å². The Kier molecular flexibility index (Phi) is 9.51. The summed E-state index contributed by atoms with van der Waals surface area (Å²) in [6.07, 6.45) is 3.06. The maximum absolute atomic E-state index is 13.2. The predicted molar refractivity (Wildman–Crippen MR) is 152 cm³/mol. The third-order valence-electron chi connectivity index (χ3n) is 6.82. The number of rotatable bonds is 10. The molecule has 10 heteroatoms. The lowest BCUT2D eigenvalue weighted by Gasteiger charge is -2.35. The fraction of sp³-hybridized carbons (Fsp3) is 0.310. The molecular formula is C29H31ClN4O5. The quantitative estimate of drug-likeness (QED) is 0.200. The van der Waals surface area contributed by atoms with Gasteiger partial charge in [0.05, 0.1) is 27.7 Å². The number of carbonyl (C=O) groups is 2. The molecule has 0 saturated carbocycles. The van der Waals surface area contributed by atoms with Gasteiger partial charge in [-0.1, -0.05) is 41.9 Å². The lowest BCUT2D eigenvalue weighted by atomic mass is 9.89. The Morgan fingerprint density at radius 1 is 1.03 bits per heavy atom. The second kappa shape index (κ2) is 13.2. The van der Waals surface area contributed by atoms with Gasteiger partial charge in [0, 0.05) is 50.3 Å². The Morgan fingerprint density at radius 3 is 2.44 bits per heavy atom. The number of nitro groups is 1. The van der Waals surface area contributed by atoms with E-state index >= 15 is 0 Å². The van der Waals surface area contributed by atoms with E-state index in [-0.39, 0.29) is 22.2 Å². The number of ether oxygens (including phenoxy) is 1. The summed E-state index contributed by atoms with van der Waals surface area (Å²) >= 11 is 6.13. The molecule has 9 nitrogen and oxygen atoms in total. The van der Waals surface area contributed by atoms with Gasteiger partial charge < -0.3 is 20.3 Å². The fourth-order valence-corrected chi connectivity index (χ4v) is 5.02. The van der Waals surface area contributed by atoms with Crippen molar-refractivity contribution in [1.82, 2.24) is 5.32 Å². The Hall–Kier alpha value is -3.95. The van der Waals surface area contributed by atoms with Crippen LogP contribution in [-0.4, -0.2) is 50.1 Å². The second-order valence-electron chi connectivity index (χ2n) is 9.48. The molecule has 0 aliphatic carbocycles. The molecule has 39 heavy (non-hydrogen) atoms. The van der Waals surface area contributed by atoms with Crippen LogP contribution in [0.1, 0.15) is 39.1 Å². The summed E-state index contributed by atoms with van der Waals surface area (Å²) in [6, 6.07) is 19.4. The van der Waals surface area contributed by atoms with Gasteiger partial charge in [-0.3, -0.25) is 19.7 Å². The molecule has 2 N–H and O–H groups in total. The van der Waals surface area contributed by atoms with Gasteiger partial charge in [-0.15, -0.1) is 0 Å². The average Bonchev–Trinajstić information content (AvgIpc) is 2.94. The highest BCUT2D eigenvalue weighted by molar-refractivity contribution is 6.34. The number of hydrogen-bond donors (Lipinski definition) is 2. The molecule has 0 bridgehead atoms. The summed E-state index contributed by atoms with van der Waals surface area (Å²) < 4.78 is 5.06. The third kappa shape index (κ3) is 7.34. The molecule has 1 heterocycles. The molecule has 204 valence electrons. The van der Waals surface area contributed by atoms with E-state index in [2.05, 4.69) is 39.8 Å². The lowest BCUT2D eigenvalue weighted by Crippen LogP contribution is -2.36. The summed E-state index contributed by atoms with van der Waals surface area (Å²) in [5.74, 6) is -0.222. The molecule has 3 aromatic rings. The van der Waals surface area contributed by atoms with Crippen molar-refractivity contribution < 1.29 is 19.2 Å². The van der Waals surface area contributed by atoms with Gasteiger partial charge in [0.1, 0.15) is 0 Å². The maximum atomic E-state index is 13.2.